The molecule has 0 saturated carbocycles. The number of nitrogens with one attached hydrogen (secondary N) is 1. The van der Waals surface area contributed by atoms with Crippen molar-refractivity contribution in [1.82, 2.24) is 15.5 Å². The Morgan fingerprint density at radius 3 is 2.87 bits per heavy atom. The number of aromatic nitrogens is 2. The summed E-state index contributed by atoms with van der Waals surface area (Å²) < 4.78 is 10.5. The van der Waals surface area contributed by atoms with E-state index >= 15 is 0 Å². The predicted octanol–water partition coefficient (Wildman–Crippen LogP) is 0.985. The molecule has 2 fully saturated rings. The van der Waals surface area contributed by atoms with E-state index in [-0.39, 0.29) is 24.0 Å². The molecule has 0 aromatic carbocycles. The molecule has 0 radical (unpaired) electrons. The number of hydrogen-bond acceptors (Lipinski definition) is 7. The summed E-state index contributed by atoms with van der Waals surface area (Å²) in [6.45, 7) is 5.34. The first-order chi connectivity index (χ1) is 11.1. The highest BCUT2D eigenvalue weighted by Gasteiger charge is 2.44. The molecule has 8 heteroatoms. The van der Waals surface area contributed by atoms with Gasteiger partial charge >= 0.3 is 0 Å². The summed E-state index contributed by atoms with van der Waals surface area (Å²) in [4.78, 5) is 14.2. The molecule has 0 bridgehead atoms. The Morgan fingerprint density at radius 2 is 2.22 bits per heavy atom. The van der Waals surface area contributed by atoms with E-state index in [9.17, 15) is 4.79 Å². The van der Waals surface area contributed by atoms with E-state index in [1.165, 1.54) is 7.11 Å². The lowest BCUT2D eigenvalue weighted by molar-refractivity contribution is -0.129. The second-order valence-corrected chi connectivity index (χ2v) is 7.49. The molecule has 0 unspecified atom stereocenters. The molecule has 2 aliphatic rings. The number of carbonyl (C=O) groups excluding carboxylic acids is 1. The van der Waals surface area contributed by atoms with Gasteiger partial charge in [-0.2, -0.15) is 0 Å². The fourth-order valence-electron chi connectivity index (χ4n) is 3.55. The van der Waals surface area contributed by atoms with Gasteiger partial charge in [0.1, 0.15) is 11.6 Å². The van der Waals surface area contributed by atoms with Crippen molar-refractivity contribution in [1.29, 1.82) is 0 Å². The van der Waals surface area contributed by atoms with Crippen molar-refractivity contribution in [3.8, 4) is 0 Å². The maximum absolute atomic E-state index is 11.9. The molecule has 23 heavy (non-hydrogen) atoms. The molecule has 1 N–H and O–H groups in total. The molecule has 7 nitrogen and oxygen atoms in total. The first-order valence-corrected chi connectivity index (χ1v) is 8.86. The Balaban J connectivity index is 1.64. The molecule has 1 aromatic heterocycles. The topological polar surface area (TPSA) is 76.6 Å². The van der Waals surface area contributed by atoms with Gasteiger partial charge in [0.15, 0.2) is 0 Å². The quantitative estimate of drug-likeness (QED) is 0.881. The van der Waals surface area contributed by atoms with Gasteiger partial charge in [0, 0.05) is 26.8 Å². The van der Waals surface area contributed by atoms with Gasteiger partial charge in [0.2, 0.25) is 11.0 Å². The molecule has 1 aromatic rings. The smallest absolute Gasteiger partial charge is 0.246 e. The van der Waals surface area contributed by atoms with Crippen LogP contribution in [0, 0.1) is 12.3 Å². The van der Waals surface area contributed by atoms with Crippen LogP contribution in [0.15, 0.2) is 0 Å². The Bertz CT molecular complexity index is 543. The van der Waals surface area contributed by atoms with Crippen LogP contribution in [0.25, 0.3) is 0 Å². The molecular formula is C15H24N4O3S. The zero-order valence-electron chi connectivity index (χ0n) is 13.7. The monoisotopic (exact) mass is 340 g/mol. The maximum atomic E-state index is 11.9. The number of amides is 1. The van der Waals surface area contributed by atoms with Crippen molar-refractivity contribution >= 4 is 22.4 Å². The zero-order valence-corrected chi connectivity index (χ0v) is 14.5. The average Bonchev–Trinajstić information content (AvgIpc) is 2.97. The first kappa shape index (κ1) is 16.6. The molecule has 0 aliphatic carbocycles. The molecule has 1 atom stereocenters. The second-order valence-electron chi connectivity index (χ2n) is 6.33. The van der Waals surface area contributed by atoms with Gasteiger partial charge in [0.25, 0.3) is 0 Å². The largest absolute Gasteiger partial charge is 0.379 e. The van der Waals surface area contributed by atoms with E-state index < -0.39 is 0 Å². The van der Waals surface area contributed by atoms with Crippen molar-refractivity contribution in [3.63, 3.8) is 0 Å². The number of ether oxygens (including phenoxy) is 2. The molecule has 2 aliphatic heterocycles. The van der Waals surface area contributed by atoms with E-state index in [2.05, 4.69) is 20.4 Å². The number of carbonyl (C=O) groups is 1. The number of rotatable bonds is 4. The van der Waals surface area contributed by atoms with Crippen LogP contribution < -0.4 is 10.2 Å². The first-order valence-electron chi connectivity index (χ1n) is 8.04. The summed E-state index contributed by atoms with van der Waals surface area (Å²) in [6, 6.07) is 0.0669. The summed E-state index contributed by atoms with van der Waals surface area (Å²) in [6.07, 6.45) is 3.06. The van der Waals surface area contributed by atoms with Crippen LogP contribution in [0.5, 0.6) is 0 Å². The summed E-state index contributed by atoms with van der Waals surface area (Å²) in [5.74, 6) is -0.0652. The fraction of sp³-hybridized carbons (Fsp3) is 0.800. The van der Waals surface area contributed by atoms with Crippen LogP contribution in [0.2, 0.25) is 0 Å². The minimum atomic E-state index is -0.0652. The lowest BCUT2D eigenvalue weighted by Crippen LogP contribution is -2.58. The Hall–Kier alpha value is -1.25. The highest BCUT2D eigenvalue weighted by atomic mass is 32.1. The van der Waals surface area contributed by atoms with Crippen molar-refractivity contribution < 1.29 is 14.3 Å². The lowest BCUT2D eigenvalue weighted by atomic mass is 9.69. The second kappa shape index (κ2) is 7.11. The van der Waals surface area contributed by atoms with Crippen LogP contribution >= 0.6 is 11.3 Å². The van der Waals surface area contributed by atoms with Gasteiger partial charge in [-0.05, 0) is 31.6 Å². The Morgan fingerprint density at radius 1 is 1.43 bits per heavy atom. The predicted molar refractivity (Wildman–Crippen MR) is 87.8 cm³/mol. The van der Waals surface area contributed by atoms with E-state index in [1.54, 1.807) is 11.3 Å². The van der Waals surface area contributed by atoms with Gasteiger partial charge in [-0.1, -0.05) is 11.3 Å². The number of piperidine rings is 1. The van der Waals surface area contributed by atoms with Crippen LogP contribution in [-0.4, -0.2) is 62.2 Å². The summed E-state index contributed by atoms with van der Waals surface area (Å²) in [7, 11) is 1.54. The normalized spacial score (nSPS) is 23.9. The third-order valence-corrected chi connectivity index (χ3v) is 5.82. The molecule has 128 valence electrons. The average molecular weight is 340 g/mol. The Labute approximate surface area is 140 Å². The molecule has 3 rings (SSSR count). The van der Waals surface area contributed by atoms with E-state index in [0.717, 1.165) is 49.1 Å². The molecule has 1 spiro atoms. The third kappa shape index (κ3) is 3.64. The van der Waals surface area contributed by atoms with E-state index in [1.807, 2.05) is 6.92 Å². The van der Waals surface area contributed by atoms with Crippen molar-refractivity contribution in [2.45, 2.75) is 32.2 Å². The van der Waals surface area contributed by atoms with E-state index in [0.29, 0.717) is 6.61 Å². The molecule has 2 saturated heterocycles. The third-order valence-electron chi connectivity index (χ3n) is 4.92. The number of hydrogen-bond donors (Lipinski definition) is 1. The van der Waals surface area contributed by atoms with Gasteiger partial charge in [0.05, 0.1) is 12.6 Å². The SMILES string of the molecule is COCC(=O)N[C@@H]1COCCC12CCN(c1nnc(C)s1)CC2. The summed E-state index contributed by atoms with van der Waals surface area (Å²) in [5.41, 5.74) is 0.123. The van der Waals surface area contributed by atoms with Gasteiger partial charge in [-0.15, -0.1) is 10.2 Å². The van der Waals surface area contributed by atoms with Crippen LogP contribution in [0.1, 0.15) is 24.3 Å². The molecule has 3 heterocycles. The fourth-order valence-corrected chi connectivity index (χ4v) is 4.28. The zero-order chi connectivity index (χ0) is 16.3. The number of anilines is 1. The highest BCUT2D eigenvalue weighted by molar-refractivity contribution is 7.15. The van der Waals surface area contributed by atoms with Crippen LogP contribution in [-0.2, 0) is 14.3 Å². The highest BCUT2D eigenvalue weighted by Crippen LogP contribution is 2.42. The van der Waals surface area contributed by atoms with Crippen molar-refractivity contribution in [2.75, 3.05) is 44.9 Å². The minimum Gasteiger partial charge on any atom is -0.379 e. The molecular weight excluding hydrogens is 316 g/mol. The van der Waals surface area contributed by atoms with E-state index in [4.69, 9.17) is 9.47 Å². The van der Waals surface area contributed by atoms with Crippen LogP contribution in [0.4, 0.5) is 5.13 Å². The standard InChI is InChI=1S/C15H24N4O3S/c1-11-17-18-14(23-11)19-6-3-15(4-7-19)5-8-22-9-12(15)16-13(20)10-21-2/h12H,3-10H2,1-2H3,(H,16,20)/t12-/m1/s1. The van der Waals surface area contributed by atoms with Gasteiger partial charge in [-0.25, -0.2) is 0 Å². The lowest BCUT2D eigenvalue weighted by Gasteiger charge is -2.49. The number of nitrogens with zero attached hydrogens (tertiary/aromatic N) is 3. The summed E-state index contributed by atoms with van der Waals surface area (Å²) >= 11 is 1.64. The minimum absolute atomic E-state index is 0.0652. The number of aryl methyl sites for hydroxylation is 1. The van der Waals surface area contributed by atoms with Crippen molar-refractivity contribution in [3.05, 3.63) is 5.01 Å². The van der Waals surface area contributed by atoms with Crippen LogP contribution in [0.3, 0.4) is 0 Å². The summed E-state index contributed by atoms with van der Waals surface area (Å²) in [5, 5.41) is 13.5. The Kier molecular flexibility index (Phi) is 5.13. The maximum Gasteiger partial charge on any atom is 0.246 e. The number of methoxy groups -OCH3 is 1. The van der Waals surface area contributed by atoms with Crippen molar-refractivity contribution in [2.24, 2.45) is 5.41 Å². The molecule has 1 amide bonds. The van der Waals surface area contributed by atoms with Gasteiger partial charge < -0.3 is 19.7 Å². The van der Waals surface area contributed by atoms with Gasteiger partial charge in [-0.3, -0.25) is 4.79 Å².